The van der Waals surface area contributed by atoms with Crippen LogP contribution in [0.25, 0.3) is 22.2 Å². The van der Waals surface area contributed by atoms with Crippen molar-refractivity contribution in [1.82, 2.24) is 20.5 Å². The van der Waals surface area contributed by atoms with Crippen LogP contribution in [0.5, 0.6) is 0 Å². The molecule has 202 valence electrons. The quantitative estimate of drug-likeness (QED) is 0.275. The molecule has 39 heavy (non-hydrogen) atoms. The Kier molecular flexibility index (Phi) is 7.09. The third-order valence-electron chi connectivity index (χ3n) is 8.27. The fraction of sp³-hybridized carbons (Fsp3) is 0.406. The standard InChI is InChI=1S/C32H37N5O2/c1-20(2)16-30(29-8-3-4-15-33-29)34-32(39)22-11-14-28-27(17-22)31(36-35-28)21-9-12-23(13-10-21)37-24-6-5-7-25(37)19-26(38)18-24/h3-4,8-15,17,20,24-26,30,38H,5-7,16,18-19H2,1-2H3,(H,34,39)(H,35,36)/t24-,25-,30-/m0/s1. The Morgan fingerprint density at radius 3 is 2.54 bits per heavy atom. The van der Waals surface area contributed by atoms with Gasteiger partial charge in [0, 0.05) is 40.5 Å². The zero-order chi connectivity index (χ0) is 26.9. The summed E-state index contributed by atoms with van der Waals surface area (Å²) in [5, 5.41) is 22.2. The molecule has 2 aromatic carbocycles. The average Bonchev–Trinajstić information content (AvgIpc) is 3.36. The molecule has 4 aromatic rings. The van der Waals surface area contributed by atoms with Gasteiger partial charge < -0.3 is 15.3 Å². The molecule has 3 N–H and O–H groups in total. The minimum Gasteiger partial charge on any atom is -0.393 e. The van der Waals surface area contributed by atoms with Crippen LogP contribution >= 0.6 is 0 Å². The van der Waals surface area contributed by atoms with Crippen molar-refractivity contribution < 1.29 is 9.90 Å². The minimum atomic E-state index is -0.178. The summed E-state index contributed by atoms with van der Waals surface area (Å²) < 4.78 is 0. The molecule has 2 aromatic heterocycles. The summed E-state index contributed by atoms with van der Waals surface area (Å²) in [6, 6.07) is 20.8. The molecule has 2 aliphatic rings. The van der Waals surface area contributed by atoms with Crippen molar-refractivity contribution in [2.45, 2.75) is 76.6 Å². The summed E-state index contributed by atoms with van der Waals surface area (Å²) in [4.78, 5) is 20.4. The number of benzene rings is 2. The summed E-state index contributed by atoms with van der Waals surface area (Å²) in [5.41, 5.74) is 5.43. The smallest absolute Gasteiger partial charge is 0.251 e. The monoisotopic (exact) mass is 523 g/mol. The Bertz CT molecular complexity index is 1420. The Labute approximate surface area is 229 Å². The third-order valence-corrected chi connectivity index (χ3v) is 8.27. The van der Waals surface area contributed by atoms with E-state index in [2.05, 4.69) is 63.5 Å². The van der Waals surface area contributed by atoms with Gasteiger partial charge in [0.15, 0.2) is 0 Å². The van der Waals surface area contributed by atoms with Crippen molar-refractivity contribution in [1.29, 1.82) is 0 Å². The van der Waals surface area contributed by atoms with Gasteiger partial charge in [-0.25, -0.2) is 0 Å². The van der Waals surface area contributed by atoms with Gasteiger partial charge in [-0.1, -0.05) is 32.0 Å². The fourth-order valence-electron chi connectivity index (χ4n) is 6.49. The number of aromatic nitrogens is 3. The van der Waals surface area contributed by atoms with Crippen LogP contribution in [0.3, 0.4) is 0 Å². The van der Waals surface area contributed by atoms with E-state index in [9.17, 15) is 9.90 Å². The number of aromatic amines is 1. The molecule has 3 atom stereocenters. The normalized spacial score (nSPS) is 21.7. The molecule has 7 heteroatoms. The van der Waals surface area contributed by atoms with Crippen molar-refractivity contribution in [3.05, 3.63) is 78.1 Å². The first kappa shape index (κ1) is 25.6. The number of carbonyl (C=O) groups is 1. The maximum Gasteiger partial charge on any atom is 0.251 e. The number of anilines is 1. The van der Waals surface area contributed by atoms with Crippen LogP contribution in [0.1, 0.15) is 74.5 Å². The van der Waals surface area contributed by atoms with Gasteiger partial charge in [-0.05, 0) is 86.9 Å². The second-order valence-corrected chi connectivity index (χ2v) is 11.6. The predicted molar refractivity (Wildman–Crippen MR) is 155 cm³/mol. The molecule has 2 fully saturated rings. The number of nitrogens with zero attached hydrogens (tertiary/aromatic N) is 3. The van der Waals surface area contributed by atoms with Crippen molar-refractivity contribution in [2.75, 3.05) is 4.90 Å². The lowest BCUT2D eigenvalue weighted by molar-refractivity contribution is 0.0924. The van der Waals surface area contributed by atoms with Crippen molar-refractivity contribution in [2.24, 2.45) is 5.92 Å². The minimum absolute atomic E-state index is 0.116. The highest BCUT2D eigenvalue weighted by atomic mass is 16.3. The molecule has 0 spiro atoms. The lowest BCUT2D eigenvalue weighted by Gasteiger charge is -2.49. The number of aliphatic hydroxyl groups is 1. The van der Waals surface area contributed by atoms with Gasteiger partial charge >= 0.3 is 0 Å². The molecule has 2 aliphatic heterocycles. The molecule has 0 saturated carbocycles. The Hall–Kier alpha value is -3.71. The van der Waals surface area contributed by atoms with E-state index in [1.54, 1.807) is 6.20 Å². The first-order valence-corrected chi connectivity index (χ1v) is 14.2. The van der Waals surface area contributed by atoms with Crippen LogP contribution in [0, 0.1) is 5.92 Å². The number of nitrogens with one attached hydrogen (secondary N) is 2. The van der Waals surface area contributed by atoms with Crippen LogP contribution in [0.15, 0.2) is 66.9 Å². The van der Waals surface area contributed by atoms with E-state index < -0.39 is 0 Å². The second-order valence-electron chi connectivity index (χ2n) is 11.6. The lowest BCUT2D eigenvalue weighted by Crippen LogP contribution is -2.53. The number of rotatable bonds is 7. The van der Waals surface area contributed by atoms with E-state index in [-0.39, 0.29) is 18.1 Å². The third kappa shape index (κ3) is 5.28. The number of fused-ring (bicyclic) bond motifs is 3. The summed E-state index contributed by atoms with van der Waals surface area (Å²) in [5.74, 6) is 0.298. The number of pyridine rings is 1. The molecule has 0 aliphatic carbocycles. The fourth-order valence-corrected chi connectivity index (χ4v) is 6.49. The average molecular weight is 524 g/mol. The lowest BCUT2D eigenvalue weighted by atomic mass is 9.82. The van der Waals surface area contributed by atoms with Gasteiger partial charge in [-0.3, -0.25) is 14.9 Å². The van der Waals surface area contributed by atoms with Crippen LogP contribution in [0.2, 0.25) is 0 Å². The number of amides is 1. The zero-order valence-electron chi connectivity index (χ0n) is 22.7. The number of carbonyl (C=O) groups excluding carboxylic acids is 1. The zero-order valence-corrected chi connectivity index (χ0v) is 22.7. The Morgan fingerprint density at radius 2 is 1.85 bits per heavy atom. The van der Waals surface area contributed by atoms with Crippen LogP contribution in [-0.4, -0.2) is 44.4 Å². The summed E-state index contributed by atoms with van der Waals surface area (Å²) >= 11 is 0. The molecular weight excluding hydrogens is 486 g/mol. The molecule has 0 radical (unpaired) electrons. The van der Waals surface area contributed by atoms with Crippen molar-refractivity contribution in [3.8, 4) is 11.3 Å². The van der Waals surface area contributed by atoms with E-state index in [0.717, 1.165) is 60.0 Å². The van der Waals surface area contributed by atoms with Crippen molar-refractivity contribution >= 4 is 22.5 Å². The number of hydrogen-bond donors (Lipinski definition) is 3. The van der Waals surface area contributed by atoms with Crippen molar-refractivity contribution in [3.63, 3.8) is 0 Å². The second kappa shape index (κ2) is 10.8. The Morgan fingerprint density at radius 1 is 1.08 bits per heavy atom. The molecule has 0 unspecified atom stereocenters. The highest BCUT2D eigenvalue weighted by Crippen LogP contribution is 2.38. The maximum absolute atomic E-state index is 13.4. The highest BCUT2D eigenvalue weighted by Gasteiger charge is 2.37. The van der Waals surface area contributed by atoms with E-state index in [1.165, 1.54) is 12.1 Å². The largest absolute Gasteiger partial charge is 0.393 e. The molecule has 1 amide bonds. The highest BCUT2D eigenvalue weighted by molar-refractivity contribution is 6.01. The van der Waals surface area contributed by atoms with E-state index in [4.69, 9.17) is 0 Å². The Balaban J connectivity index is 1.24. The molecular formula is C32H37N5O2. The van der Waals surface area contributed by atoms with Crippen LogP contribution in [0.4, 0.5) is 5.69 Å². The van der Waals surface area contributed by atoms with Gasteiger partial charge in [0.1, 0.15) is 0 Å². The van der Waals surface area contributed by atoms with E-state index in [1.807, 2.05) is 36.4 Å². The van der Waals surface area contributed by atoms with Crippen LogP contribution in [-0.2, 0) is 0 Å². The molecule has 4 heterocycles. The molecule has 2 bridgehead atoms. The van der Waals surface area contributed by atoms with Gasteiger partial charge in [-0.15, -0.1) is 0 Å². The topological polar surface area (TPSA) is 94.1 Å². The summed E-state index contributed by atoms with van der Waals surface area (Å²) in [6.45, 7) is 4.30. The number of H-pyrrole nitrogens is 1. The number of hydrogen-bond acceptors (Lipinski definition) is 5. The SMILES string of the molecule is CC(C)C[C@H](NC(=O)c1ccc2[nH]nc(-c3ccc(N4[C@H]5CCC[C@H]4CC(O)C5)cc3)c2c1)c1ccccn1. The molecule has 2 saturated heterocycles. The summed E-state index contributed by atoms with van der Waals surface area (Å²) in [6.07, 6.45) is 7.63. The first-order valence-electron chi connectivity index (χ1n) is 14.2. The number of aliphatic hydroxyl groups excluding tert-OH is 1. The van der Waals surface area contributed by atoms with Gasteiger partial charge in [-0.2, -0.15) is 5.10 Å². The molecule has 6 rings (SSSR count). The van der Waals surface area contributed by atoms with Gasteiger partial charge in [0.25, 0.3) is 5.91 Å². The van der Waals surface area contributed by atoms with Gasteiger partial charge in [0.05, 0.1) is 29.1 Å². The first-order chi connectivity index (χ1) is 19.0. The van der Waals surface area contributed by atoms with Crippen LogP contribution < -0.4 is 10.2 Å². The summed E-state index contributed by atoms with van der Waals surface area (Å²) in [7, 11) is 0. The number of piperidine rings is 2. The predicted octanol–water partition coefficient (Wildman–Crippen LogP) is 6.02. The van der Waals surface area contributed by atoms with Gasteiger partial charge in [0.2, 0.25) is 0 Å². The maximum atomic E-state index is 13.4. The van der Waals surface area contributed by atoms with E-state index in [0.29, 0.717) is 23.6 Å². The van der Waals surface area contributed by atoms with E-state index >= 15 is 0 Å². The molecule has 7 nitrogen and oxygen atoms in total.